The van der Waals surface area contributed by atoms with Crippen LogP contribution in [0.5, 0.6) is 0 Å². The normalized spacial score (nSPS) is 12.7. The van der Waals surface area contributed by atoms with Crippen LogP contribution in [0.15, 0.2) is 0 Å². The van der Waals surface area contributed by atoms with Crippen molar-refractivity contribution in [3.8, 4) is 0 Å². The summed E-state index contributed by atoms with van der Waals surface area (Å²) in [5.74, 6) is 1.76. The van der Waals surface area contributed by atoms with Gasteiger partial charge in [-0.05, 0) is 12.3 Å². The van der Waals surface area contributed by atoms with Crippen LogP contribution in [-0.2, 0) is 0 Å². The average Bonchev–Trinajstić information content (AvgIpc) is 2.49. The van der Waals surface area contributed by atoms with Crippen molar-refractivity contribution in [2.75, 3.05) is 5.88 Å². The SMILES string of the molecule is CCCCCCCCCCCC(CCCl)CCCCCC. The predicted molar refractivity (Wildman–Crippen MR) is 99.4 cm³/mol. The number of alkyl halides is 1. The van der Waals surface area contributed by atoms with E-state index in [-0.39, 0.29) is 0 Å². The Balaban J connectivity index is 3.38. The van der Waals surface area contributed by atoms with E-state index in [0.29, 0.717) is 0 Å². The Hall–Kier alpha value is 0.290. The number of halogens is 1. The van der Waals surface area contributed by atoms with Crippen LogP contribution >= 0.6 is 11.6 Å². The molecule has 0 aliphatic heterocycles. The number of unbranched alkanes of at least 4 members (excludes halogenated alkanes) is 11. The third-order valence-corrected chi connectivity index (χ3v) is 4.92. The lowest BCUT2D eigenvalue weighted by atomic mass is 9.92. The quantitative estimate of drug-likeness (QED) is 0.188. The lowest BCUT2D eigenvalue weighted by molar-refractivity contribution is 0.395. The van der Waals surface area contributed by atoms with Gasteiger partial charge >= 0.3 is 0 Å². The van der Waals surface area contributed by atoms with Crippen LogP contribution in [-0.4, -0.2) is 5.88 Å². The van der Waals surface area contributed by atoms with E-state index in [1.807, 2.05) is 0 Å². The molecule has 0 bridgehead atoms. The molecule has 0 aromatic carbocycles. The van der Waals surface area contributed by atoms with E-state index in [1.165, 1.54) is 103 Å². The van der Waals surface area contributed by atoms with E-state index in [0.717, 1.165) is 11.8 Å². The van der Waals surface area contributed by atoms with Crippen LogP contribution in [0.25, 0.3) is 0 Å². The maximum atomic E-state index is 5.96. The predicted octanol–water partition coefficient (Wildman–Crippen LogP) is 8.12. The van der Waals surface area contributed by atoms with E-state index >= 15 is 0 Å². The molecular formula is C20H41Cl. The Morgan fingerprint density at radius 1 is 0.524 bits per heavy atom. The second-order valence-corrected chi connectivity index (χ2v) is 7.19. The smallest absolute Gasteiger partial charge is 0.0226 e. The highest BCUT2D eigenvalue weighted by molar-refractivity contribution is 6.17. The first-order chi connectivity index (χ1) is 10.3. The van der Waals surface area contributed by atoms with Crippen molar-refractivity contribution in [2.24, 2.45) is 5.92 Å². The highest BCUT2D eigenvalue weighted by Gasteiger charge is 2.07. The summed E-state index contributed by atoms with van der Waals surface area (Å²) in [6.45, 7) is 4.58. The zero-order chi connectivity index (χ0) is 15.6. The lowest BCUT2D eigenvalue weighted by Gasteiger charge is -2.15. The molecule has 0 radical (unpaired) electrons. The van der Waals surface area contributed by atoms with Gasteiger partial charge in [0.05, 0.1) is 0 Å². The summed E-state index contributed by atoms with van der Waals surface area (Å²) in [4.78, 5) is 0. The first kappa shape index (κ1) is 21.3. The van der Waals surface area contributed by atoms with Gasteiger partial charge in [0.15, 0.2) is 0 Å². The minimum atomic E-state index is 0.857. The molecule has 0 saturated carbocycles. The molecule has 0 aliphatic rings. The Morgan fingerprint density at radius 3 is 1.33 bits per heavy atom. The molecule has 1 heteroatoms. The van der Waals surface area contributed by atoms with Crippen LogP contribution in [0.3, 0.4) is 0 Å². The molecule has 0 fully saturated rings. The molecule has 0 saturated heterocycles. The van der Waals surface area contributed by atoms with Crippen molar-refractivity contribution in [3.63, 3.8) is 0 Å². The Labute approximate surface area is 140 Å². The van der Waals surface area contributed by atoms with Gasteiger partial charge in [-0.3, -0.25) is 0 Å². The van der Waals surface area contributed by atoms with Gasteiger partial charge in [-0.1, -0.05) is 110 Å². The third-order valence-electron chi connectivity index (χ3n) is 4.70. The van der Waals surface area contributed by atoms with E-state index in [9.17, 15) is 0 Å². The van der Waals surface area contributed by atoms with Gasteiger partial charge in [0.2, 0.25) is 0 Å². The number of hydrogen-bond donors (Lipinski definition) is 0. The average molecular weight is 317 g/mol. The minimum absolute atomic E-state index is 0.857. The van der Waals surface area contributed by atoms with Crippen LogP contribution in [0, 0.1) is 5.92 Å². The molecule has 0 heterocycles. The lowest BCUT2D eigenvalue weighted by Crippen LogP contribution is -2.02. The molecule has 21 heavy (non-hydrogen) atoms. The number of hydrogen-bond acceptors (Lipinski definition) is 0. The molecule has 0 aliphatic carbocycles. The van der Waals surface area contributed by atoms with Gasteiger partial charge in [-0.2, -0.15) is 0 Å². The fourth-order valence-electron chi connectivity index (χ4n) is 3.19. The van der Waals surface area contributed by atoms with Gasteiger partial charge in [-0.25, -0.2) is 0 Å². The van der Waals surface area contributed by atoms with Crippen LogP contribution in [0.1, 0.15) is 117 Å². The molecule has 1 atom stereocenters. The molecule has 0 rings (SSSR count). The zero-order valence-corrected chi connectivity index (χ0v) is 15.7. The molecule has 0 spiro atoms. The van der Waals surface area contributed by atoms with E-state index in [4.69, 9.17) is 11.6 Å². The summed E-state index contributed by atoms with van der Waals surface area (Å²) in [5, 5.41) is 0. The standard InChI is InChI=1S/C20H41Cl/c1-3-5-7-9-10-11-12-13-15-17-20(18-19-21)16-14-8-6-4-2/h20H,3-19H2,1-2H3. The highest BCUT2D eigenvalue weighted by atomic mass is 35.5. The van der Waals surface area contributed by atoms with E-state index in [1.54, 1.807) is 0 Å². The van der Waals surface area contributed by atoms with Gasteiger partial charge < -0.3 is 0 Å². The van der Waals surface area contributed by atoms with Crippen LogP contribution in [0.4, 0.5) is 0 Å². The summed E-state index contributed by atoms with van der Waals surface area (Å²) < 4.78 is 0. The summed E-state index contributed by atoms with van der Waals surface area (Å²) >= 11 is 5.96. The first-order valence-corrected chi connectivity index (χ1v) is 10.4. The zero-order valence-electron chi connectivity index (χ0n) is 15.0. The molecule has 0 aromatic heterocycles. The molecular weight excluding hydrogens is 276 g/mol. The molecule has 128 valence electrons. The largest absolute Gasteiger partial charge is 0.127 e. The summed E-state index contributed by atoms with van der Waals surface area (Å²) in [6.07, 6.45) is 22.6. The Bertz CT molecular complexity index is 179. The number of rotatable bonds is 17. The fraction of sp³-hybridized carbons (Fsp3) is 1.00. The minimum Gasteiger partial charge on any atom is -0.127 e. The molecule has 0 aromatic rings. The molecule has 0 nitrogen and oxygen atoms in total. The van der Waals surface area contributed by atoms with Gasteiger partial charge in [0, 0.05) is 5.88 Å². The van der Waals surface area contributed by atoms with Crippen molar-refractivity contribution >= 4 is 11.6 Å². The van der Waals surface area contributed by atoms with Gasteiger partial charge in [0.1, 0.15) is 0 Å². The van der Waals surface area contributed by atoms with Crippen LogP contribution in [0.2, 0.25) is 0 Å². The summed E-state index contributed by atoms with van der Waals surface area (Å²) in [6, 6.07) is 0. The van der Waals surface area contributed by atoms with Crippen molar-refractivity contribution < 1.29 is 0 Å². The van der Waals surface area contributed by atoms with Crippen molar-refractivity contribution in [2.45, 2.75) is 117 Å². The molecule has 1 unspecified atom stereocenters. The first-order valence-electron chi connectivity index (χ1n) is 9.91. The van der Waals surface area contributed by atoms with Gasteiger partial charge in [0.25, 0.3) is 0 Å². The van der Waals surface area contributed by atoms with Crippen molar-refractivity contribution in [3.05, 3.63) is 0 Å². The van der Waals surface area contributed by atoms with Crippen LogP contribution < -0.4 is 0 Å². The van der Waals surface area contributed by atoms with Gasteiger partial charge in [-0.15, -0.1) is 11.6 Å². The third kappa shape index (κ3) is 16.5. The summed E-state index contributed by atoms with van der Waals surface area (Å²) in [5.41, 5.74) is 0. The Kier molecular flexibility index (Phi) is 18.6. The fourth-order valence-corrected chi connectivity index (χ4v) is 3.50. The second-order valence-electron chi connectivity index (χ2n) is 6.81. The molecule has 0 N–H and O–H groups in total. The van der Waals surface area contributed by atoms with Crippen molar-refractivity contribution in [1.29, 1.82) is 0 Å². The second kappa shape index (κ2) is 18.3. The molecule has 0 amide bonds. The topological polar surface area (TPSA) is 0 Å². The maximum Gasteiger partial charge on any atom is 0.0226 e. The van der Waals surface area contributed by atoms with E-state index < -0.39 is 0 Å². The summed E-state index contributed by atoms with van der Waals surface area (Å²) in [7, 11) is 0. The van der Waals surface area contributed by atoms with E-state index in [2.05, 4.69) is 13.8 Å². The van der Waals surface area contributed by atoms with Crippen molar-refractivity contribution in [1.82, 2.24) is 0 Å². The Morgan fingerprint density at radius 2 is 0.905 bits per heavy atom. The maximum absolute atomic E-state index is 5.96. The highest BCUT2D eigenvalue weighted by Crippen LogP contribution is 2.22. The monoisotopic (exact) mass is 316 g/mol.